The van der Waals surface area contributed by atoms with Crippen LogP contribution in [0.5, 0.6) is 5.75 Å². The number of carbonyl (C=O) groups excluding carboxylic acids is 2. The van der Waals surface area contributed by atoms with Gasteiger partial charge >= 0.3 is 0 Å². The third-order valence-electron chi connectivity index (χ3n) is 3.05. The third-order valence-corrected chi connectivity index (χ3v) is 3.05. The summed E-state index contributed by atoms with van der Waals surface area (Å²) in [5.41, 5.74) is 1.15. The Morgan fingerprint density at radius 1 is 1.05 bits per heavy atom. The SMILES string of the molecule is CC(=O)c1ccc(NC(=O)[C@H](C)Oc2ccc(F)cc2)cc1. The normalized spacial score (nSPS) is 11.6. The van der Waals surface area contributed by atoms with Gasteiger partial charge in [-0.1, -0.05) is 0 Å². The maximum Gasteiger partial charge on any atom is 0.265 e. The maximum atomic E-state index is 12.8. The molecule has 0 saturated carbocycles. The average Bonchev–Trinajstić information content (AvgIpc) is 2.50. The molecule has 0 saturated heterocycles. The Balaban J connectivity index is 1.95. The largest absolute Gasteiger partial charge is 0.481 e. The Kier molecular flexibility index (Phi) is 4.88. The van der Waals surface area contributed by atoms with Crippen LogP contribution in [0.1, 0.15) is 24.2 Å². The van der Waals surface area contributed by atoms with Gasteiger partial charge in [0.1, 0.15) is 11.6 Å². The molecule has 5 heteroatoms. The molecule has 0 aromatic heterocycles. The summed E-state index contributed by atoms with van der Waals surface area (Å²) in [6.07, 6.45) is -0.738. The van der Waals surface area contributed by atoms with Gasteiger partial charge in [-0.3, -0.25) is 9.59 Å². The number of amides is 1. The van der Waals surface area contributed by atoms with Crippen molar-refractivity contribution in [1.29, 1.82) is 0 Å². The van der Waals surface area contributed by atoms with Crippen molar-refractivity contribution < 1.29 is 18.7 Å². The molecule has 2 aromatic carbocycles. The van der Waals surface area contributed by atoms with E-state index >= 15 is 0 Å². The first kappa shape index (κ1) is 15.7. The minimum absolute atomic E-state index is 0.0362. The molecule has 0 bridgehead atoms. The van der Waals surface area contributed by atoms with Gasteiger partial charge in [-0.2, -0.15) is 0 Å². The Hall–Kier alpha value is -2.69. The predicted molar refractivity (Wildman–Crippen MR) is 81.6 cm³/mol. The summed E-state index contributed by atoms with van der Waals surface area (Å²) < 4.78 is 18.2. The number of rotatable bonds is 5. The number of ether oxygens (including phenoxy) is 1. The van der Waals surface area contributed by atoms with Crippen molar-refractivity contribution in [3.8, 4) is 5.75 Å². The standard InChI is InChI=1S/C17H16FNO3/c1-11(20)13-3-7-15(8-4-13)19-17(21)12(2)22-16-9-5-14(18)6-10-16/h3-10,12H,1-2H3,(H,19,21)/t12-/m0/s1. The fraction of sp³-hybridized carbons (Fsp3) is 0.176. The summed E-state index contributed by atoms with van der Waals surface area (Å²) in [6.45, 7) is 3.08. The van der Waals surface area contributed by atoms with Gasteiger partial charge in [0, 0.05) is 11.3 Å². The van der Waals surface area contributed by atoms with Crippen LogP contribution in [-0.4, -0.2) is 17.8 Å². The number of nitrogens with one attached hydrogen (secondary N) is 1. The quantitative estimate of drug-likeness (QED) is 0.861. The van der Waals surface area contributed by atoms with E-state index in [-0.39, 0.29) is 17.5 Å². The molecule has 22 heavy (non-hydrogen) atoms. The zero-order valence-electron chi connectivity index (χ0n) is 12.3. The van der Waals surface area contributed by atoms with Gasteiger partial charge in [0.25, 0.3) is 5.91 Å². The molecule has 2 aromatic rings. The summed E-state index contributed by atoms with van der Waals surface area (Å²) in [6, 6.07) is 12.0. The first-order valence-corrected chi connectivity index (χ1v) is 6.80. The van der Waals surface area contributed by atoms with Gasteiger partial charge in [0.05, 0.1) is 0 Å². The summed E-state index contributed by atoms with van der Waals surface area (Å²) in [5, 5.41) is 2.69. The first-order chi connectivity index (χ1) is 10.5. The van der Waals surface area contributed by atoms with E-state index in [0.29, 0.717) is 17.0 Å². The van der Waals surface area contributed by atoms with Crippen LogP contribution in [0.2, 0.25) is 0 Å². The van der Waals surface area contributed by atoms with E-state index in [4.69, 9.17) is 4.74 Å². The van der Waals surface area contributed by atoms with Crippen LogP contribution in [0.4, 0.5) is 10.1 Å². The molecular formula is C17H16FNO3. The van der Waals surface area contributed by atoms with Gasteiger partial charge in [-0.05, 0) is 62.4 Å². The van der Waals surface area contributed by atoms with Crippen molar-refractivity contribution in [3.63, 3.8) is 0 Å². The number of benzene rings is 2. The zero-order chi connectivity index (χ0) is 16.1. The van der Waals surface area contributed by atoms with E-state index in [9.17, 15) is 14.0 Å². The fourth-order valence-corrected chi connectivity index (χ4v) is 1.80. The highest BCUT2D eigenvalue weighted by Gasteiger charge is 2.15. The Bertz CT molecular complexity index is 665. The lowest BCUT2D eigenvalue weighted by Gasteiger charge is -2.14. The van der Waals surface area contributed by atoms with Crippen molar-refractivity contribution in [2.24, 2.45) is 0 Å². The monoisotopic (exact) mass is 301 g/mol. The van der Waals surface area contributed by atoms with E-state index in [2.05, 4.69) is 5.32 Å². The van der Waals surface area contributed by atoms with E-state index in [1.807, 2.05) is 0 Å². The smallest absolute Gasteiger partial charge is 0.265 e. The summed E-state index contributed by atoms with van der Waals surface area (Å²) in [4.78, 5) is 23.2. The lowest BCUT2D eigenvalue weighted by molar-refractivity contribution is -0.122. The molecule has 0 spiro atoms. The highest BCUT2D eigenvalue weighted by Crippen LogP contribution is 2.15. The van der Waals surface area contributed by atoms with E-state index in [1.54, 1.807) is 31.2 Å². The van der Waals surface area contributed by atoms with Crippen molar-refractivity contribution in [2.75, 3.05) is 5.32 Å². The molecular weight excluding hydrogens is 285 g/mol. The minimum Gasteiger partial charge on any atom is -0.481 e. The number of Topliss-reactive ketones (excluding diaryl/α,β-unsaturated/α-hetero) is 1. The van der Waals surface area contributed by atoms with Gasteiger partial charge in [0.2, 0.25) is 0 Å². The average molecular weight is 301 g/mol. The second kappa shape index (κ2) is 6.85. The van der Waals surface area contributed by atoms with Gasteiger partial charge in [0.15, 0.2) is 11.9 Å². The summed E-state index contributed by atoms with van der Waals surface area (Å²) >= 11 is 0. The minimum atomic E-state index is -0.738. The van der Waals surface area contributed by atoms with Crippen LogP contribution in [0, 0.1) is 5.82 Å². The third kappa shape index (κ3) is 4.15. The number of hydrogen-bond donors (Lipinski definition) is 1. The van der Waals surface area contributed by atoms with E-state index in [1.165, 1.54) is 31.2 Å². The molecule has 1 amide bonds. The van der Waals surface area contributed by atoms with Gasteiger partial charge in [-0.15, -0.1) is 0 Å². The Labute approximate surface area is 127 Å². The van der Waals surface area contributed by atoms with Crippen molar-refractivity contribution in [3.05, 3.63) is 59.9 Å². The number of ketones is 1. The summed E-state index contributed by atoms with van der Waals surface area (Å²) in [7, 11) is 0. The molecule has 0 aliphatic heterocycles. The van der Waals surface area contributed by atoms with Crippen LogP contribution < -0.4 is 10.1 Å². The molecule has 2 rings (SSSR count). The van der Waals surface area contributed by atoms with E-state index < -0.39 is 6.10 Å². The van der Waals surface area contributed by atoms with Crippen molar-refractivity contribution in [1.82, 2.24) is 0 Å². The predicted octanol–water partition coefficient (Wildman–Crippen LogP) is 3.43. The zero-order valence-corrected chi connectivity index (χ0v) is 12.3. The number of anilines is 1. The molecule has 0 radical (unpaired) electrons. The van der Waals surface area contributed by atoms with Crippen molar-refractivity contribution in [2.45, 2.75) is 20.0 Å². The molecule has 0 unspecified atom stereocenters. The first-order valence-electron chi connectivity index (χ1n) is 6.80. The summed E-state index contributed by atoms with van der Waals surface area (Å²) in [5.74, 6) is -0.322. The second-order valence-corrected chi connectivity index (χ2v) is 4.84. The fourth-order valence-electron chi connectivity index (χ4n) is 1.80. The van der Waals surface area contributed by atoms with Crippen LogP contribution in [-0.2, 0) is 4.79 Å². The van der Waals surface area contributed by atoms with Crippen LogP contribution in [0.3, 0.4) is 0 Å². The molecule has 0 heterocycles. The molecule has 0 aliphatic rings. The van der Waals surface area contributed by atoms with Gasteiger partial charge < -0.3 is 10.1 Å². The molecule has 0 fully saturated rings. The topological polar surface area (TPSA) is 55.4 Å². The Morgan fingerprint density at radius 2 is 1.64 bits per heavy atom. The van der Waals surface area contributed by atoms with Crippen molar-refractivity contribution >= 4 is 17.4 Å². The van der Waals surface area contributed by atoms with Crippen LogP contribution in [0.25, 0.3) is 0 Å². The molecule has 0 aliphatic carbocycles. The maximum absolute atomic E-state index is 12.8. The molecule has 114 valence electrons. The molecule has 1 N–H and O–H groups in total. The highest BCUT2D eigenvalue weighted by atomic mass is 19.1. The lowest BCUT2D eigenvalue weighted by Crippen LogP contribution is -2.30. The van der Waals surface area contributed by atoms with Crippen LogP contribution in [0.15, 0.2) is 48.5 Å². The number of halogens is 1. The Morgan fingerprint density at radius 3 is 2.18 bits per heavy atom. The van der Waals surface area contributed by atoms with Crippen LogP contribution >= 0.6 is 0 Å². The van der Waals surface area contributed by atoms with E-state index in [0.717, 1.165) is 0 Å². The molecule has 1 atom stereocenters. The number of carbonyl (C=O) groups is 2. The highest BCUT2D eigenvalue weighted by molar-refractivity contribution is 5.96. The second-order valence-electron chi connectivity index (χ2n) is 4.84. The number of hydrogen-bond acceptors (Lipinski definition) is 3. The molecule has 4 nitrogen and oxygen atoms in total. The lowest BCUT2D eigenvalue weighted by atomic mass is 10.1. The van der Waals surface area contributed by atoms with Gasteiger partial charge in [-0.25, -0.2) is 4.39 Å².